The molecule has 1 atom stereocenters. The quantitative estimate of drug-likeness (QED) is 0.704. The Kier molecular flexibility index (Phi) is 5.77. The first-order valence-corrected chi connectivity index (χ1v) is 7.51. The van der Waals surface area contributed by atoms with Gasteiger partial charge in [0, 0.05) is 12.6 Å². The van der Waals surface area contributed by atoms with Crippen molar-refractivity contribution in [1.82, 2.24) is 5.32 Å². The first kappa shape index (κ1) is 17.5. The number of halogens is 1. The predicted octanol–water partition coefficient (Wildman–Crippen LogP) is 3.23. The average Bonchev–Trinajstić information content (AvgIpc) is 2.56. The van der Waals surface area contributed by atoms with Crippen LogP contribution in [0.25, 0.3) is 21.9 Å². The summed E-state index contributed by atoms with van der Waals surface area (Å²) in [5.74, 6) is 0. The molecule has 1 aromatic heterocycles. The molecule has 1 heterocycles. The number of nitrogens with one attached hydrogen (secondary N) is 1. The van der Waals surface area contributed by atoms with E-state index in [0.29, 0.717) is 28.5 Å². The molecule has 4 nitrogen and oxygen atoms in total. The van der Waals surface area contributed by atoms with Gasteiger partial charge in [-0.1, -0.05) is 25.1 Å². The van der Waals surface area contributed by atoms with E-state index in [1.54, 1.807) is 12.1 Å². The monoisotopic (exact) mass is 333 g/mol. The van der Waals surface area contributed by atoms with E-state index >= 15 is 0 Å². The molecule has 0 aliphatic carbocycles. The Hall–Kier alpha value is -1.88. The van der Waals surface area contributed by atoms with Gasteiger partial charge in [-0.05, 0) is 36.2 Å². The molecule has 3 aromatic rings. The van der Waals surface area contributed by atoms with E-state index in [0.717, 1.165) is 12.0 Å². The summed E-state index contributed by atoms with van der Waals surface area (Å²) in [5, 5.41) is 13.7. The molecule has 0 spiro atoms. The first-order valence-electron chi connectivity index (χ1n) is 7.51. The van der Waals surface area contributed by atoms with Crippen molar-refractivity contribution in [3.8, 4) is 0 Å². The van der Waals surface area contributed by atoms with Gasteiger partial charge in [0.1, 0.15) is 11.2 Å². The van der Waals surface area contributed by atoms with Gasteiger partial charge in [0.05, 0.1) is 17.4 Å². The van der Waals surface area contributed by atoms with Gasteiger partial charge in [0.2, 0.25) is 5.43 Å². The fourth-order valence-corrected chi connectivity index (χ4v) is 2.56. The molecule has 0 amide bonds. The molecule has 0 radical (unpaired) electrons. The van der Waals surface area contributed by atoms with Crippen molar-refractivity contribution in [2.75, 3.05) is 6.61 Å². The minimum absolute atomic E-state index is 0. The van der Waals surface area contributed by atoms with Crippen LogP contribution in [0.2, 0.25) is 0 Å². The van der Waals surface area contributed by atoms with E-state index in [1.807, 2.05) is 37.3 Å². The summed E-state index contributed by atoms with van der Waals surface area (Å²) in [6.07, 6.45) is 0.858. The zero-order chi connectivity index (χ0) is 15.5. The van der Waals surface area contributed by atoms with Crippen molar-refractivity contribution in [1.29, 1.82) is 0 Å². The van der Waals surface area contributed by atoms with E-state index in [9.17, 15) is 9.90 Å². The van der Waals surface area contributed by atoms with Gasteiger partial charge in [-0.15, -0.1) is 12.4 Å². The van der Waals surface area contributed by atoms with Gasteiger partial charge >= 0.3 is 0 Å². The minimum atomic E-state index is -0.00657. The number of para-hydroxylation sites is 1. The summed E-state index contributed by atoms with van der Waals surface area (Å²) in [4.78, 5) is 12.6. The van der Waals surface area contributed by atoms with Crippen molar-refractivity contribution in [2.45, 2.75) is 25.9 Å². The third-order valence-electron chi connectivity index (χ3n) is 3.95. The molecule has 3 rings (SSSR count). The summed E-state index contributed by atoms with van der Waals surface area (Å²) in [6, 6.07) is 13.0. The van der Waals surface area contributed by atoms with Crippen LogP contribution in [0.15, 0.2) is 51.7 Å². The number of aliphatic hydroxyl groups is 1. The minimum Gasteiger partial charge on any atom is -0.456 e. The van der Waals surface area contributed by atoms with E-state index in [2.05, 4.69) is 5.32 Å². The molecule has 0 saturated carbocycles. The molecule has 0 aliphatic rings. The molecule has 2 aromatic carbocycles. The summed E-state index contributed by atoms with van der Waals surface area (Å²) in [7, 11) is 0. The van der Waals surface area contributed by atoms with Crippen LogP contribution in [0.5, 0.6) is 0 Å². The lowest BCUT2D eigenvalue weighted by atomic mass is 10.1. The predicted molar refractivity (Wildman–Crippen MR) is 95.2 cm³/mol. The number of hydrogen-bond acceptors (Lipinski definition) is 4. The van der Waals surface area contributed by atoms with E-state index in [1.165, 1.54) is 0 Å². The van der Waals surface area contributed by atoms with Crippen LogP contribution in [0.4, 0.5) is 0 Å². The summed E-state index contributed by atoms with van der Waals surface area (Å²) in [6.45, 7) is 2.74. The number of aliphatic hydroxyl groups excluding tert-OH is 1. The van der Waals surface area contributed by atoms with Crippen LogP contribution in [0.1, 0.15) is 18.9 Å². The number of benzene rings is 2. The Labute approximate surface area is 140 Å². The first-order chi connectivity index (χ1) is 10.7. The second kappa shape index (κ2) is 7.59. The van der Waals surface area contributed by atoms with Crippen molar-refractivity contribution in [2.24, 2.45) is 0 Å². The molecule has 2 N–H and O–H groups in total. The molecular weight excluding hydrogens is 314 g/mol. The van der Waals surface area contributed by atoms with E-state index < -0.39 is 0 Å². The van der Waals surface area contributed by atoms with Crippen LogP contribution in [0, 0.1) is 0 Å². The summed E-state index contributed by atoms with van der Waals surface area (Å²) < 4.78 is 5.79. The third kappa shape index (κ3) is 3.55. The maximum absolute atomic E-state index is 12.6. The lowest BCUT2D eigenvalue weighted by molar-refractivity contribution is 0.238. The normalized spacial score (nSPS) is 12.3. The molecule has 0 bridgehead atoms. The highest BCUT2D eigenvalue weighted by atomic mass is 35.5. The molecule has 122 valence electrons. The molecule has 0 fully saturated rings. The second-order valence-corrected chi connectivity index (χ2v) is 5.43. The molecule has 0 aliphatic heterocycles. The molecule has 5 heteroatoms. The molecule has 0 saturated heterocycles. The van der Waals surface area contributed by atoms with Gasteiger partial charge in [0.25, 0.3) is 0 Å². The van der Waals surface area contributed by atoms with Gasteiger partial charge in [-0.25, -0.2) is 0 Å². The zero-order valence-corrected chi connectivity index (χ0v) is 13.7. The van der Waals surface area contributed by atoms with Gasteiger partial charge < -0.3 is 14.8 Å². The zero-order valence-electron chi connectivity index (χ0n) is 12.9. The summed E-state index contributed by atoms with van der Waals surface area (Å²) in [5.41, 5.74) is 2.20. The largest absolute Gasteiger partial charge is 0.456 e. The lowest BCUT2D eigenvalue weighted by Gasteiger charge is -2.14. The van der Waals surface area contributed by atoms with Crippen LogP contribution < -0.4 is 10.7 Å². The Morgan fingerprint density at radius 3 is 2.61 bits per heavy atom. The van der Waals surface area contributed by atoms with Crippen LogP contribution >= 0.6 is 12.4 Å². The second-order valence-electron chi connectivity index (χ2n) is 5.43. The SMILES string of the molecule is CCC(CO)NCc1ccc2oc3ccccc3c(=O)c2c1.Cl. The number of rotatable bonds is 5. The van der Waals surface area contributed by atoms with Crippen molar-refractivity contribution in [3.05, 3.63) is 58.3 Å². The van der Waals surface area contributed by atoms with Crippen molar-refractivity contribution >= 4 is 34.3 Å². The van der Waals surface area contributed by atoms with E-state index in [-0.39, 0.29) is 30.5 Å². The average molecular weight is 334 g/mol. The topological polar surface area (TPSA) is 62.5 Å². The Morgan fingerprint density at radius 2 is 1.87 bits per heavy atom. The van der Waals surface area contributed by atoms with Crippen LogP contribution in [-0.2, 0) is 6.54 Å². The van der Waals surface area contributed by atoms with Crippen LogP contribution in [-0.4, -0.2) is 17.8 Å². The third-order valence-corrected chi connectivity index (χ3v) is 3.95. The van der Waals surface area contributed by atoms with Crippen LogP contribution in [0.3, 0.4) is 0 Å². The maximum atomic E-state index is 12.6. The van der Waals surface area contributed by atoms with Gasteiger partial charge in [-0.3, -0.25) is 4.79 Å². The summed E-state index contributed by atoms with van der Waals surface area (Å²) >= 11 is 0. The van der Waals surface area contributed by atoms with Crippen molar-refractivity contribution < 1.29 is 9.52 Å². The number of hydrogen-bond donors (Lipinski definition) is 2. The maximum Gasteiger partial charge on any atom is 0.200 e. The smallest absolute Gasteiger partial charge is 0.200 e. The number of fused-ring (bicyclic) bond motifs is 2. The van der Waals surface area contributed by atoms with Gasteiger partial charge in [-0.2, -0.15) is 0 Å². The highest BCUT2D eigenvalue weighted by molar-refractivity contribution is 5.89. The Balaban J connectivity index is 0.00000192. The standard InChI is InChI=1S/C18H19NO3.ClH/c1-2-13(11-20)19-10-12-7-8-17-15(9-12)18(21)14-5-3-4-6-16(14)22-17;/h3-9,13,19-20H,2,10-11H2,1H3;1H. The molecule has 1 unspecified atom stereocenters. The molecular formula is C18H20ClNO3. The Bertz CT molecular complexity index is 856. The van der Waals surface area contributed by atoms with E-state index in [4.69, 9.17) is 4.42 Å². The highest BCUT2D eigenvalue weighted by Crippen LogP contribution is 2.19. The fraction of sp³-hybridized carbons (Fsp3) is 0.278. The molecule has 23 heavy (non-hydrogen) atoms. The highest BCUT2D eigenvalue weighted by Gasteiger charge is 2.09. The van der Waals surface area contributed by atoms with Crippen molar-refractivity contribution in [3.63, 3.8) is 0 Å². The Morgan fingerprint density at radius 1 is 1.13 bits per heavy atom. The lowest BCUT2D eigenvalue weighted by Crippen LogP contribution is -2.31. The van der Waals surface area contributed by atoms with Gasteiger partial charge in [0.15, 0.2) is 0 Å². The fourth-order valence-electron chi connectivity index (χ4n) is 2.56.